The van der Waals surface area contributed by atoms with Crippen LogP contribution in [0.5, 0.6) is 11.5 Å². The van der Waals surface area contributed by atoms with Crippen LogP contribution in [0.2, 0.25) is 0 Å². The van der Waals surface area contributed by atoms with Crippen LogP contribution in [0.25, 0.3) is 17.3 Å². The van der Waals surface area contributed by atoms with E-state index in [-0.39, 0.29) is 5.91 Å². The molecule has 1 amide bonds. The lowest BCUT2D eigenvalue weighted by molar-refractivity contribution is -0.122. The van der Waals surface area contributed by atoms with Crippen LogP contribution in [0.1, 0.15) is 12.5 Å². The largest absolute Gasteiger partial charge is 0.493 e. The molecule has 0 spiro atoms. The number of hydrogen-bond donors (Lipinski definition) is 0. The molecule has 0 N–H and O–H groups in total. The van der Waals surface area contributed by atoms with Gasteiger partial charge in [-0.2, -0.15) is 4.99 Å². The summed E-state index contributed by atoms with van der Waals surface area (Å²) in [6.07, 6.45) is 1.84. The third-order valence-corrected chi connectivity index (χ3v) is 6.40. The van der Waals surface area contributed by atoms with Gasteiger partial charge in [-0.1, -0.05) is 36.4 Å². The first kappa shape index (κ1) is 21.1. The van der Waals surface area contributed by atoms with Crippen LogP contribution in [0.4, 0.5) is 5.13 Å². The summed E-state index contributed by atoms with van der Waals surface area (Å²) in [4.78, 5) is 24.5. The Labute approximate surface area is 189 Å². The molecule has 1 saturated heterocycles. The highest BCUT2D eigenvalue weighted by atomic mass is 32.2. The van der Waals surface area contributed by atoms with Gasteiger partial charge in [-0.25, -0.2) is 4.98 Å². The maximum Gasteiger partial charge on any atom is 0.266 e. The second-order valence-electron chi connectivity index (χ2n) is 6.55. The summed E-state index contributed by atoms with van der Waals surface area (Å²) in [7, 11) is 3.18. The summed E-state index contributed by atoms with van der Waals surface area (Å²) in [6.45, 7) is 2.47. The third kappa shape index (κ3) is 4.50. The second-order valence-corrected chi connectivity index (χ2v) is 8.40. The SMILES string of the molecule is CCN1C(=O)/C(=C/c2ccc(OC)c(OC)c2)S/C1=N/c1nc(-c2ccccc2)cs1. The second kappa shape index (κ2) is 9.36. The van der Waals surface area contributed by atoms with Crippen LogP contribution >= 0.6 is 23.1 Å². The molecular weight excluding hydrogens is 430 g/mol. The van der Waals surface area contributed by atoms with Gasteiger partial charge in [-0.05, 0) is 42.5 Å². The number of amidine groups is 1. The maximum atomic E-state index is 12.9. The molecule has 2 heterocycles. The normalized spacial score (nSPS) is 16.4. The Bertz CT molecular complexity index is 1160. The molecule has 1 fully saturated rings. The van der Waals surface area contributed by atoms with E-state index in [1.807, 2.05) is 66.9 Å². The fourth-order valence-electron chi connectivity index (χ4n) is 3.10. The lowest BCUT2D eigenvalue weighted by Gasteiger charge is -2.11. The number of thioether (sulfide) groups is 1. The third-order valence-electron chi connectivity index (χ3n) is 4.66. The minimum Gasteiger partial charge on any atom is -0.493 e. The van der Waals surface area contributed by atoms with Crippen LogP contribution in [-0.4, -0.2) is 41.7 Å². The van der Waals surface area contributed by atoms with Gasteiger partial charge in [-0.15, -0.1) is 11.3 Å². The molecule has 0 radical (unpaired) electrons. The van der Waals surface area contributed by atoms with Gasteiger partial charge in [0.1, 0.15) is 0 Å². The molecule has 0 unspecified atom stereocenters. The predicted octanol–water partition coefficient (Wildman–Crippen LogP) is 5.45. The number of carbonyl (C=O) groups is 1. The number of methoxy groups -OCH3 is 2. The van der Waals surface area contributed by atoms with Gasteiger partial charge in [0, 0.05) is 17.5 Å². The molecule has 6 nitrogen and oxygen atoms in total. The summed E-state index contributed by atoms with van der Waals surface area (Å²) >= 11 is 2.81. The number of benzene rings is 2. The quantitative estimate of drug-likeness (QED) is 0.466. The van der Waals surface area contributed by atoms with Crippen molar-refractivity contribution in [3.05, 3.63) is 64.4 Å². The van der Waals surface area contributed by atoms with Gasteiger partial charge in [0.15, 0.2) is 16.7 Å². The summed E-state index contributed by atoms with van der Waals surface area (Å²) in [5, 5.41) is 3.24. The summed E-state index contributed by atoms with van der Waals surface area (Å²) < 4.78 is 10.6. The lowest BCUT2D eigenvalue weighted by atomic mass is 10.2. The van der Waals surface area contributed by atoms with Crippen molar-refractivity contribution in [1.29, 1.82) is 0 Å². The first-order valence-corrected chi connectivity index (χ1v) is 11.4. The van der Waals surface area contributed by atoms with Crippen LogP contribution in [-0.2, 0) is 4.79 Å². The molecule has 3 aromatic rings. The lowest BCUT2D eigenvalue weighted by Crippen LogP contribution is -2.28. The van der Waals surface area contributed by atoms with Crippen molar-refractivity contribution in [1.82, 2.24) is 9.88 Å². The molecule has 8 heteroatoms. The molecule has 31 heavy (non-hydrogen) atoms. The van der Waals surface area contributed by atoms with E-state index >= 15 is 0 Å². The number of rotatable bonds is 6. The Morgan fingerprint density at radius 2 is 1.87 bits per heavy atom. The van der Waals surface area contributed by atoms with Crippen molar-refractivity contribution in [2.75, 3.05) is 20.8 Å². The predicted molar refractivity (Wildman–Crippen MR) is 127 cm³/mol. The average Bonchev–Trinajstić information content (AvgIpc) is 3.38. The van der Waals surface area contributed by atoms with Gasteiger partial charge in [-0.3, -0.25) is 9.69 Å². The van der Waals surface area contributed by atoms with E-state index in [0.29, 0.717) is 33.2 Å². The minimum absolute atomic E-state index is 0.0686. The zero-order valence-corrected chi connectivity index (χ0v) is 19.0. The number of thiazole rings is 1. The number of ether oxygens (including phenoxy) is 2. The van der Waals surface area contributed by atoms with E-state index in [0.717, 1.165) is 16.8 Å². The number of hydrogen-bond acceptors (Lipinski definition) is 7. The van der Waals surface area contributed by atoms with E-state index in [2.05, 4.69) is 9.98 Å². The highest BCUT2D eigenvalue weighted by Crippen LogP contribution is 2.36. The number of amides is 1. The van der Waals surface area contributed by atoms with Crippen LogP contribution in [0, 0.1) is 0 Å². The van der Waals surface area contributed by atoms with Gasteiger partial charge in [0.2, 0.25) is 5.13 Å². The zero-order chi connectivity index (χ0) is 21.8. The molecule has 2 aromatic carbocycles. The van der Waals surface area contributed by atoms with Crippen molar-refractivity contribution in [3.8, 4) is 22.8 Å². The number of aromatic nitrogens is 1. The summed E-state index contributed by atoms with van der Waals surface area (Å²) in [5.74, 6) is 1.19. The molecule has 0 saturated carbocycles. The van der Waals surface area contributed by atoms with Gasteiger partial charge in [0.25, 0.3) is 5.91 Å². The molecule has 0 atom stereocenters. The highest BCUT2D eigenvalue weighted by Gasteiger charge is 2.32. The molecule has 158 valence electrons. The van der Waals surface area contributed by atoms with Crippen LogP contribution in [0.3, 0.4) is 0 Å². The fraction of sp³-hybridized carbons (Fsp3) is 0.174. The standard InChI is InChI=1S/C23H21N3O3S2/c1-4-26-21(27)20(13-15-10-11-18(28-2)19(12-15)29-3)31-23(26)25-22-24-17(14-30-22)16-8-6-5-7-9-16/h5-14H,4H2,1-3H3/b20-13-,25-23+. The molecular formula is C23H21N3O3S2. The summed E-state index contributed by atoms with van der Waals surface area (Å²) in [6, 6.07) is 15.5. The van der Waals surface area contributed by atoms with Crippen molar-refractivity contribution >= 4 is 45.4 Å². The highest BCUT2D eigenvalue weighted by molar-refractivity contribution is 8.18. The van der Waals surface area contributed by atoms with E-state index in [9.17, 15) is 4.79 Å². The van der Waals surface area contributed by atoms with Gasteiger partial charge >= 0.3 is 0 Å². The Hall–Kier alpha value is -3.10. The van der Waals surface area contributed by atoms with Crippen molar-refractivity contribution in [2.45, 2.75) is 6.92 Å². The number of nitrogens with zero attached hydrogens (tertiary/aromatic N) is 3. The minimum atomic E-state index is -0.0686. The zero-order valence-electron chi connectivity index (χ0n) is 17.4. The molecule has 0 aliphatic carbocycles. The molecule has 1 aliphatic rings. The van der Waals surface area contributed by atoms with E-state index in [4.69, 9.17) is 9.47 Å². The molecule has 1 aromatic heterocycles. The number of aliphatic imine (C=N–C) groups is 1. The fourth-order valence-corrected chi connectivity index (χ4v) is 4.90. The number of carbonyl (C=O) groups excluding carboxylic acids is 1. The Morgan fingerprint density at radius 3 is 2.58 bits per heavy atom. The van der Waals surface area contributed by atoms with Crippen LogP contribution in [0.15, 0.2) is 63.8 Å². The molecule has 4 rings (SSSR count). The number of likely N-dealkylation sites (N-methyl/N-ethyl adjacent to an activating group) is 1. The molecule has 1 aliphatic heterocycles. The van der Waals surface area contributed by atoms with Crippen molar-refractivity contribution in [3.63, 3.8) is 0 Å². The smallest absolute Gasteiger partial charge is 0.266 e. The first-order chi connectivity index (χ1) is 15.1. The van der Waals surface area contributed by atoms with E-state index in [1.165, 1.54) is 23.1 Å². The summed E-state index contributed by atoms with van der Waals surface area (Å²) in [5.41, 5.74) is 2.77. The maximum absolute atomic E-state index is 12.9. The van der Waals surface area contributed by atoms with E-state index < -0.39 is 0 Å². The van der Waals surface area contributed by atoms with Crippen molar-refractivity contribution in [2.24, 2.45) is 4.99 Å². The average molecular weight is 452 g/mol. The monoisotopic (exact) mass is 451 g/mol. The Balaban J connectivity index is 1.61. The van der Waals surface area contributed by atoms with E-state index in [1.54, 1.807) is 19.1 Å². The van der Waals surface area contributed by atoms with Crippen molar-refractivity contribution < 1.29 is 14.3 Å². The van der Waals surface area contributed by atoms with Gasteiger partial charge < -0.3 is 9.47 Å². The first-order valence-electron chi connectivity index (χ1n) is 9.66. The Morgan fingerprint density at radius 1 is 1.10 bits per heavy atom. The topological polar surface area (TPSA) is 64.0 Å². The Kier molecular flexibility index (Phi) is 6.39. The van der Waals surface area contributed by atoms with Gasteiger partial charge in [0.05, 0.1) is 24.8 Å². The molecule has 0 bridgehead atoms. The van der Waals surface area contributed by atoms with Crippen LogP contribution < -0.4 is 9.47 Å².